The SMILES string of the molecule is CCCCCCCCOc1c(OCCCCCCCC)c2cc(C#C[Si](C)(C)C)c(-c3cccs3)cc2c2cc(-c3cccs3)c(C#C[Si](C)(C)C)cc12. The smallest absolute Gasteiger partial charge is 0.169 e. The molecule has 0 atom stereocenters. The van der Waals surface area contributed by atoms with E-state index in [1.165, 1.54) is 95.9 Å². The fourth-order valence-corrected chi connectivity index (χ4v) is 9.19. The second-order valence-electron chi connectivity index (χ2n) is 16.7. The molecule has 2 nitrogen and oxygen atoms in total. The number of hydrogen-bond donors (Lipinski definition) is 0. The zero-order valence-corrected chi connectivity index (χ0v) is 37.9. The van der Waals surface area contributed by atoms with Gasteiger partial charge in [-0.25, -0.2) is 0 Å². The van der Waals surface area contributed by atoms with Gasteiger partial charge < -0.3 is 9.47 Å². The number of ether oxygens (including phenoxy) is 2. The predicted octanol–water partition coefficient (Wildman–Crippen LogP) is 15.4. The van der Waals surface area contributed by atoms with E-state index in [-0.39, 0.29) is 0 Å². The molecule has 54 heavy (non-hydrogen) atoms. The van der Waals surface area contributed by atoms with Crippen LogP contribution in [0.25, 0.3) is 42.4 Å². The van der Waals surface area contributed by atoms with Crippen LogP contribution in [-0.2, 0) is 0 Å². The zero-order valence-electron chi connectivity index (χ0n) is 34.3. The van der Waals surface area contributed by atoms with Crippen molar-refractivity contribution in [2.24, 2.45) is 0 Å². The molecule has 0 N–H and O–H groups in total. The summed E-state index contributed by atoms with van der Waals surface area (Å²) in [6, 6.07) is 18.1. The summed E-state index contributed by atoms with van der Waals surface area (Å²) in [6.45, 7) is 19.8. The van der Waals surface area contributed by atoms with Gasteiger partial charge in [0.2, 0.25) is 0 Å². The van der Waals surface area contributed by atoms with Gasteiger partial charge in [0.15, 0.2) is 11.5 Å². The predicted molar refractivity (Wildman–Crippen MR) is 246 cm³/mol. The van der Waals surface area contributed by atoms with Crippen LogP contribution in [0.1, 0.15) is 102 Å². The first kappa shape index (κ1) is 41.9. The maximum Gasteiger partial charge on any atom is 0.169 e. The van der Waals surface area contributed by atoms with Crippen molar-refractivity contribution in [3.05, 3.63) is 70.4 Å². The Kier molecular flexibility index (Phi) is 15.6. The third-order valence-electron chi connectivity index (χ3n) is 9.51. The van der Waals surface area contributed by atoms with Gasteiger partial charge in [-0.15, -0.1) is 33.8 Å². The van der Waals surface area contributed by atoms with Gasteiger partial charge in [-0.3, -0.25) is 0 Å². The summed E-state index contributed by atoms with van der Waals surface area (Å²) in [6.07, 6.45) is 14.6. The van der Waals surface area contributed by atoms with Crippen molar-refractivity contribution in [3.63, 3.8) is 0 Å². The van der Waals surface area contributed by atoms with Crippen LogP contribution in [0.2, 0.25) is 39.3 Å². The molecular formula is C48H62O2S2Si2. The molecule has 286 valence electrons. The fourth-order valence-electron chi connectivity index (χ4n) is 6.65. The molecule has 0 radical (unpaired) electrons. The highest BCUT2D eigenvalue weighted by molar-refractivity contribution is 7.13. The second kappa shape index (κ2) is 20.1. The standard InChI is InChI=1S/C48H62O2S2Si2/c1-9-11-13-15-17-19-27-49-47-43-33-37(25-31-53(3,4)5)39(45-23-21-29-51-45)35-41(43)42-36-40(46-24-22-30-52-46)38(26-32-54(6,7)8)34-44(42)48(47)50-28-20-18-16-14-12-10-2/h21-24,29-30,33-36H,9-20,27-28H2,1-8H3. The van der Waals surface area contributed by atoms with Crippen LogP contribution < -0.4 is 9.47 Å². The highest BCUT2D eigenvalue weighted by atomic mass is 32.1. The van der Waals surface area contributed by atoms with Gasteiger partial charge >= 0.3 is 0 Å². The van der Waals surface area contributed by atoms with Crippen molar-refractivity contribution in [2.75, 3.05) is 13.2 Å². The summed E-state index contributed by atoms with van der Waals surface area (Å²) in [5.41, 5.74) is 11.9. The number of benzene rings is 3. The van der Waals surface area contributed by atoms with Crippen LogP contribution in [-0.4, -0.2) is 29.4 Å². The Hall–Kier alpha value is -3.27. The molecule has 0 amide bonds. The average Bonchev–Trinajstić information content (AvgIpc) is 3.87. The maximum absolute atomic E-state index is 6.97. The maximum atomic E-state index is 6.97. The Labute approximate surface area is 337 Å². The molecule has 0 unspecified atom stereocenters. The van der Waals surface area contributed by atoms with Crippen molar-refractivity contribution in [2.45, 2.75) is 130 Å². The molecule has 5 aromatic rings. The van der Waals surface area contributed by atoms with Gasteiger partial charge in [-0.05, 0) is 70.8 Å². The summed E-state index contributed by atoms with van der Waals surface area (Å²) < 4.78 is 13.9. The van der Waals surface area contributed by atoms with Crippen LogP contribution >= 0.6 is 22.7 Å². The molecule has 0 aliphatic carbocycles. The minimum Gasteiger partial charge on any atom is -0.489 e. The second-order valence-corrected chi connectivity index (χ2v) is 28.1. The van der Waals surface area contributed by atoms with Crippen molar-refractivity contribution in [3.8, 4) is 55.3 Å². The van der Waals surface area contributed by atoms with Crippen LogP contribution in [0.4, 0.5) is 0 Å². The van der Waals surface area contributed by atoms with Gasteiger partial charge in [-0.2, -0.15) is 0 Å². The third kappa shape index (κ3) is 11.9. The van der Waals surface area contributed by atoms with Crippen molar-refractivity contribution in [1.82, 2.24) is 0 Å². The van der Waals surface area contributed by atoms with Gasteiger partial charge in [0.05, 0.1) is 13.2 Å². The largest absolute Gasteiger partial charge is 0.489 e. The molecule has 2 aromatic heterocycles. The van der Waals surface area contributed by atoms with Crippen molar-refractivity contribution >= 4 is 60.4 Å². The number of thiophene rings is 2. The topological polar surface area (TPSA) is 18.5 Å². The summed E-state index contributed by atoms with van der Waals surface area (Å²) >= 11 is 3.55. The van der Waals surface area contributed by atoms with E-state index in [4.69, 9.17) is 9.47 Å². The summed E-state index contributed by atoms with van der Waals surface area (Å²) in [5, 5.41) is 8.87. The molecule has 5 rings (SSSR count). The zero-order chi connectivity index (χ0) is 38.6. The lowest BCUT2D eigenvalue weighted by molar-refractivity contribution is 0.263. The minimum absolute atomic E-state index is 0.665. The van der Waals surface area contributed by atoms with E-state index < -0.39 is 16.1 Å². The van der Waals surface area contributed by atoms with Gasteiger partial charge in [0.1, 0.15) is 16.1 Å². The summed E-state index contributed by atoms with van der Waals surface area (Å²) in [5.74, 6) is 9.09. The lowest BCUT2D eigenvalue weighted by Gasteiger charge is -2.21. The Balaban J connectivity index is 1.78. The molecule has 0 bridgehead atoms. The number of unbranched alkanes of at least 4 members (excludes halogenated alkanes) is 10. The molecule has 0 saturated heterocycles. The van der Waals surface area contributed by atoms with Gasteiger partial charge in [0.25, 0.3) is 0 Å². The minimum atomic E-state index is -1.65. The molecule has 0 fully saturated rings. The molecule has 6 heteroatoms. The first-order valence-electron chi connectivity index (χ1n) is 20.5. The lowest BCUT2D eigenvalue weighted by atomic mass is 9.91. The van der Waals surface area contributed by atoms with Crippen LogP contribution in [0, 0.1) is 22.9 Å². The lowest BCUT2D eigenvalue weighted by Crippen LogP contribution is -2.16. The van der Waals surface area contributed by atoms with E-state index in [0.717, 1.165) is 46.2 Å². The van der Waals surface area contributed by atoms with E-state index in [0.29, 0.717) is 13.2 Å². The van der Waals surface area contributed by atoms with E-state index in [9.17, 15) is 0 Å². The van der Waals surface area contributed by atoms with E-state index >= 15 is 0 Å². The Morgan fingerprint density at radius 1 is 0.500 bits per heavy atom. The van der Waals surface area contributed by atoms with Crippen LogP contribution in [0.3, 0.4) is 0 Å². The van der Waals surface area contributed by atoms with Gasteiger partial charge in [0, 0.05) is 42.8 Å². The molecule has 0 aliphatic rings. The first-order valence-corrected chi connectivity index (χ1v) is 29.3. The highest BCUT2D eigenvalue weighted by Crippen LogP contribution is 2.48. The Bertz CT molecular complexity index is 1930. The highest BCUT2D eigenvalue weighted by Gasteiger charge is 2.23. The normalized spacial score (nSPS) is 11.7. The van der Waals surface area contributed by atoms with E-state index in [2.05, 4.69) is 135 Å². The number of rotatable bonds is 18. The molecular weight excluding hydrogens is 729 g/mol. The summed E-state index contributed by atoms with van der Waals surface area (Å²) in [4.78, 5) is 2.47. The molecule has 0 spiro atoms. The number of hydrogen-bond acceptors (Lipinski definition) is 4. The van der Waals surface area contributed by atoms with Crippen LogP contribution in [0.15, 0.2) is 59.3 Å². The fraction of sp³-hybridized carbons (Fsp3) is 0.458. The average molecular weight is 791 g/mol. The molecule has 3 aromatic carbocycles. The van der Waals surface area contributed by atoms with Crippen LogP contribution in [0.5, 0.6) is 11.5 Å². The number of fused-ring (bicyclic) bond motifs is 3. The quantitative estimate of drug-likeness (QED) is 0.0381. The monoisotopic (exact) mass is 790 g/mol. The Morgan fingerprint density at radius 2 is 0.889 bits per heavy atom. The Morgan fingerprint density at radius 3 is 1.24 bits per heavy atom. The van der Waals surface area contributed by atoms with E-state index in [1.54, 1.807) is 22.7 Å². The van der Waals surface area contributed by atoms with Crippen molar-refractivity contribution in [1.29, 1.82) is 0 Å². The van der Waals surface area contributed by atoms with Gasteiger partial charge in [-0.1, -0.05) is 141 Å². The van der Waals surface area contributed by atoms with E-state index in [1.807, 2.05) is 0 Å². The molecule has 0 aliphatic heterocycles. The first-order chi connectivity index (χ1) is 26.0. The molecule has 2 heterocycles. The summed E-state index contributed by atoms with van der Waals surface area (Å²) in [7, 11) is -3.29. The third-order valence-corrected chi connectivity index (χ3v) is 13.1. The van der Waals surface area contributed by atoms with Crippen molar-refractivity contribution < 1.29 is 9.47 Å². The molecule has 0 saturated carbocycles.